The monoisotopic (exact) mass is 627 g/mol. The number of hydrogen-bond donors (Lipinski definition) is 3. The number of nitrogens with one attached hydrogen (secondary N) is 3. The Bertz CT molecular complexity index is 1230. The second kappa shape index (κ2) is 16.1. The molecule has 2 aliphatic heterocycles. The zero-order valence-corrected chi connectivity index (χ0v) is 28.4. The van der Waals surface area contributed by atoms with Crippen LogP contribution in [0.3, 0.4) is 0 Å². The van der Waals surface area contributed by atoms with Gasteiger partial charge in [-0.25, -0.2) is 0 Å². The number of amides is 4. The number of likely N-dealkylation sites (tertiary alicyclic amines) is 1. The number of nitrogens with zero attached hydrogens (tertiary/aromatic N) is 2. The summed E-state index contributed by atoms with van der Waals surface area (Å²) in [6.07, 6.45) is 4.91. The Morgan fingerprint density at radius 1 is 1.11 bits per heavy atom. The Morgan fingerprint density at radius 2 is 1.82 bits per heavy atom. The molecule has 1 saturated heterocycles. The van der Waals surface area contributed by atoms with Gasteiger partial charge in [0.2, 0.25) is 23.6 Å². The van der Waals surface area contributed by atoms with Gasteiger partial charge >= 0.3 is 0 Å². The van der Waals surface area contributed by atoms with Gasteiger partial charge in [-0.2, -0.15) is 0 Å². The van der Waals surface area contributed by atoms with E-state index >= 15 is 0 Å². The summed E-state index contributed by atoms with van der Waals surface area (Å²) in [7, 11) is 5.28. The summed E-state index contributed by atoms with van der Waals surface area (Å²) >= 11 is 0. The van der Waals surface area contributed by atoms with E-state index in [0.717, 1.165) is 0 Å². The molecule has 2 bridgehead atoms. The summed E-state index contributed by atoms with van der Waals surface area (Å²) in [5, 5.41) is 8.78. The number of benzene rings is 1. The number of carbonyl (C=O) groups excluding carboxylic acids is 4. The second-order valence-corrected chi connectivity index (χ2v) is 13.0. The van der Waals surface area contributed by atoms with Crippen molar-refractivity contribution in [2.75, 3.05) is 27.7 Å². The molecule has 4 amide bonds. The maximum absolute atomic E-state index is 14.4. The van der Waals surface area contributed by atoms with Crippen molar-refractivity contribution in [1.29, 1.82) is 0 Å². The molecule has 3 rings (SSSR count). The van der Waals surface area contributed by atoms with Crippen LogP contribution in [0.5, 0.6) is 11.5 Å². The minimum atomic E-state index is -1.01. The molecule has 1 aromatic carbocycles. The van der Waals surface area contributed by atoms with Gasteiger partial charge in [-0.05, 0) is 62.5 Å². The van der Waals surface area contributed by atoms with E-state index < -0.39 is 36.2 Å². The highest BCUT2D eigenvalue weighted by Crippen LogP contribution is 2.31. The molecule has 250 valence electrons. The van der Waals surface area contributed by atoms with Crippen LogP contribution in [0.4, 0.5) is 0 Å². The number of likely N-dealkylation sites (N-methyl/N-ethyl adjacent to an activating group) is 1. The molecule has 2 heterocycles. The van der Waals surface area contributed by atoms with Crippen molar-refractivity contribution in [3.05, 3.63) is 30.0 Å². The van der Waals surface area contributed by atoms with E-state index in [9.17, 15) is 19.2 Å². The van der Waals surface area contributed by atoms with Crippen LogP contribution in [0, 0.1) is 17.8 Å². The fraction of sp³-hybridized carbons (Fsp3) is 0.647. The van der Waals surface area contributed by atoms with Crippen molar-refractivity contribution < 1.29 is 28.7 Å². The first kappa shape index (κ1) is 35.9. The van der Waals surface area contributed by atoms with Crippen molar-refractivity contribution >= 4 is 29.7 Å². The molecule has 11 nitrogen and oxygen atoms in total. The van der Waals surface area contributed by atoms with Crippen LogP contribution in [-0.2, 0) is 19.2 Å². The third-order valence-electron chi connectivity index (χ3n) is 9.06. The largest absolute Gasteiger partial charge is 0.496 e. The van der Waals surface area contributed by atoms with Gasteiger partial charge in [-0.3, -0.25) is 24.1 Å². The fourth-order valence-corrected chi connectivity index (χ4v) is 5.89. The number of ether oxygens (including phenoxy) is 2. The molecule has 0 unspecified atom stereocenters. The molecular formula is C34H53N5O6. The maximum Gasteiger partial charge on any atom is 0.247 e. The molecule has 0 spiro atoms. The fourth-order valence-electron chi connectivity index (χ4n) is 5.89. The van der Waals surface area contributed by atoms with Crippen LogP contribution >= 0.6 is 0 Å². The molecule has 0 saturated carbocycles. The molecule has 7 atom stereocenters. The van der Waals surface area contributed by atoms with Crippen molar-refractivity contribution in [3.63, 3.8) is 0 Å². The van der Waals surface area contributed by atoms with Crippen LogP contribution in [0.25, 0.3) is 6.08 Å². The molecular weight excluding hydrogens is 574 g/mol. The van der Waals surface area contributed by atoms with Crippen LogP contribution in [0.1, 0.15) is 72.8 Å². The summed E-state index contributed by atoms with van der Waals surface area (Å²) in [5.74, 6) is -0.362. The van der Waals surface area contributed by atoms with Gasteiger partial charge in [0.1, 0.15) is 35.7 Å². The SMILES string of the molecule is CC[C@H](C)[C@@H]1NC(=O)[C@@H]2[C@H](CCN2C(=O)[C@@H](NC(=O)[C@H](CC(C)C)N(C)C)[C@@H](C)CC)Oc2ccc(OC)c(c2)C=CNC1=O. The maximum atomic E-state index is 14.4. The van der Waals surface area contributed by atoms with Crippen molar-refractivity contribution in [1.82, 2.24) is 25.8 Å². The average Bonchev–Trinajstić information content (AvgIpc) is 3.42. The molecule has 1 aromatic rings. The third-order valence-corrected chi connectivity index (χ3v) is 9.06. The number of methoxy groups -OCH3 is 1. The molecule has 11 heteroatoms. The molecule has 2 aliphatic rings. The van der Waals surface area contributed by atoms with Crippen molar-refractivity contribution in [2.24, 2.45) is 17.8 Å². The lowest BCUT2D eigenvalue weighted by atomic mass is 9.95. The molecule has 0 aromatic heterocycles. The molecule has 3 N–H and O–H groups in total. The van der Waals surface area contributed by atoms with E-state index in [1.807, 2.05) is 46.7 Å². The predicted molar refractivity (Wildman–Crippen MR) is 174 cm³/mol. The summed E-state index contributed by atoms with van der Waals surface area (Å²) < 4.78 is 11.9. The first-order valence-corrected chi connectivity index (χ1v) is 16.2. The lowest BCUT2D eigenvalue weighted by Crippen LogP contribution is -2.61. The van der Waals surface area contributed by atoms with Crippen molar-refractivity contribution in [2.45, 2.75) is 97.5 Å². The Hall–Kier alpha value is -3.60. The quantitative estimate of drug-likeness (QED) is 0.344. The molecule has 45 heavy (non-hydrogen) atoms. The predicted octanol–water partition coefficient (Wildman–Crippen LogP) is 3.18. The van der Waals surface area contributed by atoms with E-state index in [1.165, 1.54) is 11.1 Å². The number of hydrogen-bond acceptors (Lipinski definition) is 7. The standard InChI is InChI=1S/C34H53N5O6/c1-10-21(5)28-32(41)35-16-14-23-19-24(12-13-26(23)44-9)45-27-15-17-39(30(27)33(42)36-28)34(43)29(22(6)11-2)37-31(40)25(38(7)8)18-20(3)4/h12-14,16,19-22,25,27-30H,10-11,15,17-18H2,1-9H3,(H,35,41)(H,36,42)(H,37,40)/t21-,22-,25-,27-,28-,29-,30-/m0/s1. The summed E-state index contributed by atoms with van der Waals surface area (Å²) in [6, 6.07) is 2.21. The summed E-state index contributed by atoms with van der Waals surface area (Å²) in [6.45, 7) is 12.1. The lowest BCUT2D eigenvalue weighted by Gasteiger charge is -2.35. The molecule has 1 fully saturated rings. The Balaban J connectivity index is 2.02. The first-order chi connectivity index (χ1) is 21.3. The van der Waals surface area contributed by atoms with Gasteiger partial charge in [0.05, 0.1) is 13.2 Å². The minimum absolute atomic E-state index is 0.177. The van der Waals surface area contributed by atoms with E-state index in [4.69, 9.17) is 9.47 Å². The summed E-state index contributed by atoms with van der Waals surface area (Å²) in [4.78, 5) is 58.8. The van der Waals surface area contributed by atoms with Crippen LogP contribution in [0.2, 0.25) is 0 Å². The zero-order chi connectivity index (χ0) is 33.4. The van der Waals surface area contributed by atoms with Crippen LogP contribution < -0.4 is 25.4 Å². The Morgan fingerprint density at radius 3 is 2.42 bits per heavy atom. The van der Waals surface area contributed by atoms with E-state index in [0.29, 0.717) is 42.7 Å². The number of carbonyl (C=O) groups is 4. The minimum Gasteiger partial charge on any atom is -0.496 e. The van der Waals surface area contributed by atoms with Crippen molar-refractivity contribution in [3.8, 4) is 11.5 Å². The Labute approximate surface area is 268 Å². The van der Waals surface area contributed by atoms with Gasteiger partial charge in [-0.15, -0.1) is 0 Å². The van der Waals surface area contributed by atoms with E-state index in [2.05, 4.69) is 29.8 Å². The molecule has 0 aliphatic carbocycles. The van der Waals surface area contributed by atoms with Gasteiger partial charge < -0.3 is 30.3 Å². The summed E-state index contributed by atoms with van der Waals surface area (Å²) in [5.41, 5.74) is 0.688. The smallest absolute Gasteiger partial charge is 0.247 e. The normalized spacial score (nSPS) is 22.9. The number of fused-ring (bicyclic) bond motifs is 3. The zero-order valence-electron chi connectivity index (χ0n) is 28.4. The Kier molecular flexibility index (Phi) is 12.8. The highest BCUT2D eigenvalue weighted by Gasteiger charge is 2.47. The first-order valence-electron chi connectivity index (χ1n) is 16.2. The third kappa shape index (κ3) is 8.77. The van der Waals surface area contributed by atoms with Gasteiger partial charge in [0.25, 0.3) is 0 Å². The highest BCUT2D eigenvalue weighted by molar-refractivity contribution is 5.96. The van der Waals surface area contributed by atoms with E-state index in [-0.39, 0.29) is 42.0 Å². The lowest BCUT2D eigenvalue weighted by molar-refractivity contribution is -0.145. The topological polar surface area (TPSA) is 129 Å². The van der Waals surface area contributed by atoms with Gasteiger partial charge in [0, 0.05) is 24.7 Å². The van der Waals surface area contributed by atoms with Crippen LogP contribution in [-0.4, -0.2) is 91.4 Å². The van der Waals surface area contributed by atoms with Crippen LogP contribution in [0.15, 0.2) is 24.4 Å². The molecule has 0 radical (unpaired) electrons. The average molecular weight is 628 g/mol. The number of rotatable bonds is 11. The van der Waals surface area contributed by atoms with Gasteiger partial charge in [-0.1, -0.05) is 54.4 Å². The van der Waals surface area contributed by atoms with E-state index in [1.54, 1.807) is 31.4 Å². The second-order valence-electron chi connectivity index (χ2n) is 13.0. The highest BCUT2D eigenvalue weighted by atomic mass is 16.5. The van der Waals surface area contributed by atoms with Gasteiger partial charge in [0.15, 0.2) is 0 Å².